The molecule has 0 aliphatic heterocycles. The van der Waals surface area contributed by atoms with Crippen LogP contribution < -0.4 is 11.2 Å². The SMILES string of the molecule is N#Cc1cn(-c2ccccc2Cl)c(=O)n(SC(Cl)(Cl)C(Cl)Cl)c1=O. The topological polar surface area (TPSA) is 67.8 Å². The molecule has 0 fully saturated rings. The van der Waals surface area contributed by atoms with Gasteiger partial charge in [0.25, 0.3) is 5.56 Å². The van der Waals surface area contributed by atoms with Crippen LogP contribution >= 0.6 is 70.0 Å². The van der Waals surface area contributed by atoms with Gasteiger partial charge in [-0.25, -0.2) is 4.79 Å². The van der Waals surface area contributed by atoms with E-state index in [-0.39, 0.29) is 16.3 Å². The Morgan fingerprint density at radius 3 is 2.38 bits per heavy atom. The molecule has 0 aliphatic rings. The zero-order chi connectivity index (χ0) is 18.1. The standard InChI is InChI=1S/C13H6Cl5N3O2S/c14-8-3-1-2-4-9(8)20-6-7(5-19)10(22)21(12(20)23)24-13(17,18)11(15)16/h1-4,6,11H. The average molecular weight is 446 g/mol. The third-order valence-corrected chi connectivity index (χ3v) is 6.27. The predicted molar refractivity (Wildman–Crippen MR) is 98.9 cm³/mol. The van der Waals surface area contributed by atoms with Crippen molar-refractivity contribution in [1.82, 2.24) is 8.54 Å². The van der Waals surface area contributed by atoms with E-state index in [9.17, 15) is 9.59 Å². The molecule has 1 aromatic heterocycles. The minimum absolute atomic E-state index is 0.245. The van der Waals surface area contributed by atoms with Gasteiger partial charge in [-0.3, -0.25) is 9.36 Å². The van der Waals surface area contributed by atoms with Gasteiger partial charge in [-0.2, -0.15) is 9.23 Å². The molecule has 0 spiro atoms. The van der Waals surface area contributed by atoms with Gasteiger partial charge in [-0.15, -0.1) is 23.2 Å². The number of nitriles is 1. The lowest BCUT2D eigenvalue weighted by Gasteiger charge is -2.20. The molecule has 0 saturated heterocycles. The van der Waals surface area contributed by atoms with Gasteiger partial charge in [-0.05, 0) is 12.1 Å². The quantitative estimate of drug-likeness (QED) is 0.669. The van der Waals surface area contributed by atoms with E-state index in [0.717, 1.165) is 10.8 Å². The molecule has 0 unspecified atom stereocenters. The van der Waals surface area contributed by atoms with Crippen molar-refractivity contribution in [3.63, 3.8) is 0 Å². The molecule has 5 nitrogen and oxygen atoms in total. The second kappa shape index (κ2) is 7.61. The van der Waals surface area contributed by atoms with Gasteiger partial charge < -0.3 is 0 Å². The van der Waals surface area contributed by atoms with E-state index in [0.29, 0.717) is 15.9 Å². The minimum Gasteiger partial charge on any atom is -0.267 e. The number of aromatic nitrogens is 2. The zero-order valence-electron chi connectivity index (χ0n) is 11.4. The van der Waals surface area contributed by atoms with Crippen molar-refractivity contribution < 1.29 is 0 Å². The molecule has 2 rings (SSSR count). The fourth-order valence-corrected chi connectivity index (χ4v) is 3.22. The predicted octanol–water partition coefficient (Wildman–Crippen LogP) is 3.96. The van der Waals surface area contributed by atoms with Gasteiger partial charge in [0.1, 0.15) is 11.6 Å². The summed E-state index contributed by atoms with van der Waals surface area (Å²) in [7, 11) is 0. The summed E-state index contributed by atoms with van der Waals surface area (Å²) in [6, 6.07) is 8.12. The van der Waals surface area contributed by atoms with E-state index in [4.69, 9.17) is 63.3 Å². The van der Waals surface area contributed by atoms with E-state index in [1.165, 1.54) is 0 Å². The van der Waals surface area contributed by atoms with Crippen molar-refractivity contribution in [2.24, 2.45) is 0 Å². The Hall–Kier alpha value is -0.810. The molecule has 0 radical (unpaired) electrons. The van der Waals surface area contributed by atoms with Crippen LogP contribution in [-0.4, -0.2) is 17.0 Å². The molecule has 0 saturated carbocycles. The van der Waals surface area contributed by atoms with Crippen LogP contribution in [0.15, 0.2) is 40.1 Å². The summed E-state index contributed by atoms with van der Waals surface area (Å²) in [4.78, 5) is 23.6. The summed E-state index contributed by atoms with van der Waals surface area (Å²) >= 11 is 29.6. The summed E-state index contributed by atoms with van der Waals surface area (Å²) in [5, 5.41) is 9.39. The van der Waals surface area contributed by atoms with E-state index in [2.05, 4.69) is 0 Å². The van der Waals surface area contributed by atoms with Crippen LogP contribution in [0.3, 0.4) is 0 Å². The second-order valence-corrected chi connectivity index (χ2v) is 8.84. The van der Waals surface area contributed by atoms with Crippen LogP contribution in [0.25, 0.3) is 5.69 Å². The van der Waals surface area contributed by atoms with Gasteiger partial charge in [0, 0.05) is 18.1 Å². The van der Waals surface area contributed by atoms with Gasteiger partial charge in [0.15, 0.2) is 4.84 Å². The molecule has 0 amide bonds. The number of para-hydroxylation sites is 1. The summed E-state index contributed by atoms with van der Waals surface area (Å²) < 4.78 is -0.241. The molecule has 0 aliphatic carbocycles. The highest BCUT2D eigenvalue weighted by atomic mass is 35.5. The number of alkyl halides is 4. The lowest BCUT2D eigenvalue weighted by molar-refractivity contribution is 0.855. The number of halogens is 5. The van der Waals surface area contributed by atoms with E-state index in [1.54, 1.807) is 30.3 Å². The zero-order valence-corrected chi connectivity index (χ0v) is 16.0. The number of hydrogen-bond donors (Lipinski definition) is 0. The number of benzene rings is 1. The van der Waals surface area contributed by atoms with E-state index >= 15 is 0 Å². The van der Waals surface area contributed by atoms with Crippen molar-refractivity contribution in [3.8, 4) is 11.8 Å². The third-order valence-electron chi connectivity index (χ3n) is 2.75. The Bertz CT molecular complexity index is 932. The van der Waals surface area contributed by atoms with Gasteiger partial charge in [-0.1, -0.05) is 46.9 Å². The van der Waals surface area contributed by atoms with E-state index < -0.39 is 19.8 Å². The van der Waals surface area contributed by atoms with Gasteiger partial charge in [0.2, 0.25) is 3.67 Å². The fourth-order valence-electron chi connectivity index (χ4n) is 1.67. The van der Waals surface area contributed by atoms with Crippen molar-refractivity contribution in [3.05, 3.63) is 61.9 Å². The summed E-state index contributed by atoms with van der Waals surface area (Å²) in [6.45, 7) is 0. The Labute approximate surface area is 165 Å². The van der Waals surface area contributed by atoms with Crippen molar-refractivity contribution >= 4 is 70.0 Å². The Morgan fingerprint density at radius 1 is 1.21 bits per heavy atom. The summed E-state index contributed by atoms with van der Waals surface area (Å²) in [5.74, 6) is 0. The highest BCUT2D eigenvalue weighted by Crippen LogP contribution is 2.42. The Balaban J connectivity index is 2.76. The monoisotopic (exact) mass is 443 g/mol. The van der Waals surface area contributed by atoms with Gasteiger partial charge in [0.05, 0.1) is 10.7 Å². The highest BCUT2D eigenvalue weighted by Gasteiger charge is 2.36. The van der Waals surface area contributed by atoms with Crippen LogP contribution in [0.5, 0.6) is 0 Å². The molecule has 1 heterocycles. The van der Waals surface area contributed by atoms with Crippen molar-refractivity contribution in [1.29, 1.82) is 5.26 Å². The molecular weight excluding hydrogens is 439 g/mol. The molecule has 0 N–H and O–H groups in total. The molecule has 126 valence electrons. The Morgan fingerprint density at radius 2 is 1.83 bits per heavy atom. The average Bonchev–Trinajstić information content (AvgIpc) is 2.52. The minimum atomic E-state index is -1.89. The maximum Gasteiger partial charge on any atom is 0.346 e. The number of nitrogens with zero attached hydrogens (tertiary/aromatic N) is 3. The first-order valence-corrected chi connectivity index (χ1v) is 8.86. The van der Waals surface area contributed by atoms with Crippen molar-refractivity contribution in [2.45, 2.75) is 8.50 Å². The van der Waals surface area contributed by atoms with Crippen molar-refractivity contribution in [2.75, 3.05) is 0 Å². The summed E-state index contributed by atoms with van der Waals surface area (Å²) in [5.41, 5.74) is -1.75. The van der Waals surface area contributed by atoms with Crippen LogP contribution in [-0.2, 0) is 0 Å². The molecule has 24 heavy (non-hydrogen) atoms. The molecule has 1 aromatic carbocycles. The third kappa shape index (κ3) is 3.88. The molecule has 0 bridgehead atoms. The number of hydrogen-bond acceptors (Lipinski definition) is 4. The highest BCUT2D eigenvalue weighted by molar-refractivity contribution is 8.02. The van der Waals surface area contributed by atoms with Crippen LogP contribution in [0, 0.1) is 11.3 Å². The Kier molecular flexibility index (Phi) is 6.19. The first-order valence-electron chi connectivity index (χ1n) is 6.08. The smallest absolute Gasteiger partial charge is 0.267 e. The van der Waals surface area contributed by atoms with E-state index in [1.807, 2.05) is 0 Å². The van der Waals surface area contributed by atoms with Crippen LogP contribution in [0.4, 0.5) is 0 Å². The lowest BCUT2D eigenvalue weighted by atomic mass is 10.3. The number of rotatable bonds is 4. The molecule has 0 atom stereocenters. The fraction of sp³-hybridized carbons (Fsp3) is 0.154. The van der Waals surface area contributed by atoms with Crippen LogP contribution in [0.2, 0.25) is 5.02 Å². The maximum absolute atomic E-state index is 12.6. The normalized spacial score (nSPS) is 11.5. The first kappa shape index (κ1) is 19.5. The van der Waals surface area contributed by atoms with Gasteiger partial charge >= 0.3 is 5.69 Å². The molecule has 2 aromatic rings. The maximum atomic E-state index is 12.6. The molecular formula is C13H6Cl5N3O2S. The molecule has 11 heteroatoms. The first-order chi connectivity index (χ1) is 11.2. The second-order valence-electron chi connectivity index (χ2n) is 4.31. The summed E-state index contributed by atoms with van der Waals surface area (Å²) in [6.07, 6.45) is 1.09. The lowest BCUT2D eigenvalue weighted by Crippen LogP contribution is -2.40. The van der Waals surface area contributed by atoms with Crippen LogP contribution in [0.1, 0.15) is 5.56 Å². The largest absolute Gasteiger partial charge is 0.346 e.